The number of hydrogen-bond acceptors (Lipinski definition) is 5. The van der Waals surface area contributed by atoms with E-state index in [2.05, 4.69) is 21.8 Å². The summed E-state index contributed by atoms with van der Waals surface area (Å²) >= 11 is 0. The summed E-state index contributed by atoms with van der Waals surface area (Å²) in [5, 5.41) is 1.37. The van der Waals surface area contributed by atoms with E-state index in [0.29, 0.717) is 30.4 Å². The van der Waals surface area contributed by atoms with E-state index in [4.69, 9.17) is 0 Å². The van der Waals surface area contributed by atoms with Crippen molar-refractivity contribution in [1.29, 1.82) is 0 Å². The Kier molecular flexibility index (Phi) is 6.72. The summed E-state index contributed by atoms with van der Waals surface area (Å²) in [6, 6.07) is 11.7. The average molecular weight is 474 g/mol. The molecule has 7 nitrogen and oxygen atoms in total. The van der Waals surface area contributed by atoms with Crippen LogP contribution in [-0.4, -0.2) is 49.6 Å². The quantitative estimate of drug-likeness (QED) is 0.422. The van der Waals surface area contributed by atoms with Gasteiger partial charge in [0.2, 0.25) is 0 Å². The standard InChI is InChI=1S/C28H35N5O2/c1-8-33(15-23-17(2)29-25-13-19(31(4)5)9-11-21(25)27(23)34)16-24-18(3)30-26-14-20(32(6)7)10-12-22(26)28(24)35/h9-14H,8,15-16H2,1-7H3,(H,29,34)(H,30,35). The summed E-state index contributed by atoms with van der Waals surface area (Å²) in [5.41, 5.74) is 7.03. The van der Waals surface area contributed by atoms with Crippen LogP contribution >= 0.6 is 0 Å². The lowest BCUT2D eigenvalue weighted by atomic mass is 10.1. The summed E-state index contributed by atoms with van der Waals surface area (Å²) < 4.78 is 0. The van der Waals surface area contributed by atoms with Gasteiger partial charge in [-0.2, -0.15) is 0 Å². The van der Waals surface area contributed by atoms with Gasteiger partial charge in [-0.1, -0.05) is 6.92 Å². The molecular weight excluding hydrogens is 438 g/mol. The Hall–Kier alpha value is -3.58. The van der Waals surface area contributed by atoms with Gasteiger partial charge >= 0.3 is 0 Å². The van der Waals surface area contributed by atoms with Gasteiger partial charge in [-0.25, -0.2) is 0 Å². The monoisotopic (exact) mass is 473 g/mol. The first-order chi connectivity index (χ1) is 16.6. The summed E-state index contributed by atoms with van der Waals surface area (Å²) in [6.07, 6.45) is 0. The predicted molar refractivity (Wildman–Crippen MR) is 147 cm³/mol. The first kappa shape index (κ1) is 24.5. The lowest BCUT2D eigenvalue weighted by Crippen LogP contribution is -2.30. The van der Waals surface area contributed by atoms with Crippen molar-refractivity contribution < 1.29 is 0 Å². The molecule has 2 heterocycles. The second-order valence-electron chi connectivity index (χ2n) is 9.67. The lowest BCUT2D eigenvalue weighted by Gasteiger charge is -2.23. The van der Waals surface area contributed by atoms with Gasteiger partial charge in [0.25, 0.3) is 0 Å². The smallest absolute Gasteiger partial charge is 0.194 e. The molecule has 35 heavy (non-hydrogen) atoms. The van der Waals surface area contributed by atoms with Crippen LogP contribution in [-0.2, 0) is 13.1 Å². The van der Waals surface area contributed by atoms with Crippen molar-refractivity contribution in [3.8, 4) is 0 Å². The Morgan fingerprint density at radius 1 is 0.686 bits per heavy atom. The van der Waals surface area contributed by atoms with E-state index in [1.807, 2.05) is 88.2 Å². The highest BCUT2D eigenvalue weighted by molar-refractivity contribution is 5.84. The number of nitrogens with zero attached hydrogens (tertiary/aromatic N) is 3. The second kappa shape index (κ2) is 9.58. The Balaban J connectivity index is 1.69. The fourth-order valence-corrected chi connectivity index (χ4v) is 4.55. The van der Waals surface area contributed by atoms with Crippen molar-refractivity contribution >= 4 is 33.2 Å². The Bertz CT molecular complexity index is 1400. The Morgan fingerprint density at radius 3 is 1.43 bits per heavy atom. The molecule has 4 aromatic rings. The molecule has 0 amide bonds. The molecule has 2 aromatic heterocycles. The maximum absolute atomic E-state index is 13.4. The SMILES string of the molecule is CCN(Cc1c(C)[nH]c2cc(N(C)C)ccc2c1=O)Cc1c(C)[nH]c2cc(N(C)C)ccc2c1=O. The zero-order valence-corrected chi connectivity index (χ0v) is 21.7. The summed E-state index contributed by atoms with van der Waals surface area (Å²) in [4.78, 5) is 39.8. The zero-order chi connectivity index (χ0) is 25.4. The molecular formula is C28H35N5O2. The molecule has 0 spiro atoms. The van der Waals surface area contributed by atoms with E-state index in [1.54, 1.807) is 0 Å². The third-order valence-corrected chi connectivity index (χ3v) is 6.84. The number of rotatable bonds is 7. The van der Waals surface area contributed by atoms with Crippen LogP contribution < -0.4 is 20.7 Å². The van der Waals surface area contributed by atoms with E-state index >= 15 is 0 Å². The summed E-state index contributed by atoms with van der Waals surface area (Å²) in [6.45, 7) is 7.61. The van der Waals surface area contributed by atoms with Crippen LogP contribution in [0.15, 0.2) is 46.0 Å². The van der Waals surface area contributed by atoms with Crippen LogP contribution in [0.1, 0.15) is 29.4 Å². The van der Waals surface area contributed by atoms with E-state index in [-0.39, 0.29) is 10.9 Å². The number of aryl methyl sites for hydroxylation is 2. The molecule has 0 saturated heterocycles. The van der Waals surface area contributed by atoms with Crippen LogP contribution in [0.2, 0.25) is 0 Å². The van der Waals surface area contributed by atoms with Gasteiger partial charge in [0.15, 0.2) is 10.9 Å². The maximum atomic E-state index is 13.4. The minimum absolute atomic E-state index is 0.0420. The fourth-order valence-electron chi connectivity index (χ4n) is 4.55. The maximum Gasteiger partial charge on any atom is 0.194 e. The van der Waals surface area contributed by atoms with Gasteiger partial charge in [-0.05, 0) is 56.8 Å². The molecule has 0 atom stereocenters. The van der Waals surface area contributed by atoms with Crippen molar-refractivity contribution in [2.45, 2.75) is 33.9 Å². The molecule has 0 fully saturated rings. The number of aromatic nitrogens is 2. The van der Waals surface area contributed by atoms with E-state index in [9.17, 15) is 9.59 Å². The van der Waals surface area contributed by atoms with Gasteiger partial charge < -0.3 is 19.8 Å². The van der Waals surface area contributed by atoms with Crippen molar-refractivity contribution in [2.75, 3.05) is 44.5 Å². The lowest BCUT2D eigenvalue weighted by molar-refractivity contribution is 0.268. The van der Waals surface area contributed by atoms with Crippen LogP contribution in [0.25, 0.3) is 21.8 Å². The minimum atomic E-state index is 0.0420. The zero-order valence-electron chi connectivity index (χ0n) is 21.7. The highest BCUT2D eigenvalue weighted by atomic mass is 16.1. The molecule has 0 aliphatic heterocycles. The van der Waals surface area contributed by atoms with Crippen LogP contribution in [0.4, 0.5) is 11.4 Å². The topological polar surface area (TPSA) is 75.4 Å². The Labute approximate surface area is 206 Å². The molecule has 2 N–H and O–H groups in total. The van der Waals surface area contributed by atoms with Crippen molar-refractivity contribution in [1.82, 2.24) is 14.9 Å². The van der Waals surface area contributed by atoms with E-state index in [1.165, 1.54) is 0 Å². The number of aromatic amines is 2. The molecule has 0 radical (unpaired) electrons. The number of anilines is 2. The van der Waals surface area contributed by atoms with E-state index < -0.39 is 0 Å². The average Bonchev–Trinajstić information content (AvgIpc) is 2.82. The molecule has 2 aromatic carbocycles. The first-order valence-electron chi connectivity index (χ1n) is 12.0. The number of nitrogens with one attached hydrogen (secondary N) is 2. The Morgan fingerprint density at radius 2 is 1.09 bits per heavy atom. The molecule has 0 unspecified atom stereocenters. The highest BCUT2D eigenvalue weighted by Gasteiger charge is 2.17. The predicted octanol–water partition coefficient (Wildman–Crippen LogP) is 4.14. The summed E-state index contributed by atoms with van der Waals surface area (Å²) in [5.74, 6) is 0. The summed E-state index contributed by atoms with van der Waals surface area (Å²) in [7, 11) is 7.93. The second-order valence-corrected chi connectivity index (χ2v) is 9.67. The molecule has 7 heteroatoms. The van der Waals surface area contributed by atoms with E-state index in [0.717, 1.165) is 44.9 Å². The molecule has 0 aliphatic rings. The largest absolute Gasteiger partial charge is 0.378 e. The molecule has 184 valence electrons. The van der Waals surface area contributed by atoms with Crippen molar-refractivity contribution in [2.24, 2.45) is 0 Å². The molecule has 4 rings (SSSR count). The first-order valence-corrected chi connectivity index (χ1v) is 12.0. The normalized spacial score (nSPS) is 11.5. The minimum Gasteiger partial charge on any atom is -0.378 e. The van der Waals surface area contributed by atoms with Crippen LogP contribution in [0.5, 0.6) is 0 Å². The highest BCUT2D eigenvalue weighted by Crippen LogP contribution is 2.21. The van der Waals surface area contributed by atoms with Gasteiger partial charge in [0, 0.05) is 85.9 Å². The van der Waals surface area contributed by atoms with Gasteiger partial charge in [0.05, 0.1) is 11.0 Å². The number of hydrogen-bond donors (Lipinski definition) is 2. The number of fused-ring (bicyclic) bond motifs is 2. The van der Waals surface area contributed by atoms with Gasteiger partial charge in [0.1, 0.15) is 0 Å². The molecule has 0 saturated carbocycles. The van der Waals surface area contributed by atoms with Gasteiger partial charge in [-0.3, -0.25) is 14.5 Å². The van der Waals surface area contributed by atoms with Gasteiger partial charge in [-0.15, -0.1) is 0 Å². The van der Waals surface area contributed by atoms with Crippen LogP contribution in [0, 0.1) is 13.8 Å². The molecule has 0 aliphatic carbocycles. The third kappa shape index (κ3) is 4.68. The fraction of sp³-hybridized carbons (Fsp3) is 0.357. The molecule has 0 bridgehead atoms. The number of pyridine rings is 2. The van der Waals surface area contributed by atoms with Crippen molar-refractivity contribution in [3.63, 3.8) is 0 Å². The number of benzene rings is 2. The number of H-pyrrole nitrogens is 2. The van der Waals surface area contributed by atoms with Crippen molar-refractivity contribution in [3.05, 3.63) is 79.4 Å². The van der Waals surface area contributed by atoms with Crippen LogP contribution in [0.3, 0.4) is 0 Å². The third-order valence-electron chi connectivity index (χ3n) is 6.84.